The average molecular weight is 603 g/mol. The van der Waals surface area contributed by atoms with E-state index in [0.29, 0.717) is 17.9 Å². The van der Waals surface area contributed by atoms with Crippen LogP contribution in [0.1, 0.15) is 72.1 Å². The third-order valence-corrected chi connectivity index (χ3v) is 18.9. The molecule has 0 amide bonds. The lowest BCUT2D eigenvalue weighted by Crippen LogP contribution is -2.46. The van der Waals surface area contributed by atoms with Gasteiger partial charge in [0.05, 0.1) is 18.3 Å². The van der Waals surface area contributed by atoms with E-state index in [4.69, 9.17) is 30.0 Å². The van der Waals surface area contributed by atoms with Gasteiger partial charge in [0.1, 0.15) is 12.3 Å². The van der Waals surface area contributed by atoms with Crippen LogP contribution in [0.25, 0.3) is 0 Å². The molecule has 1 saturated carbocycles. The van der Waals surface area contributed by atoms with Crippen molar-refractivity contribution in [2.75, 3.05) is 6.61 Å². The van der Waals surface area contributed by atoms with Crippen LogP contribution in [0.5, 0.6) is 0 Å². The van der Waals surface area contributed by atoms with E-state index in [1.54, 1.807) is 24.5 Å². The summed E-state index contributed by atoms with van der Waals surface area (Å²) in [5.41, 5.74) is -2.10. The van der Waals surface area contributed by atoms with E-state index in [1.165, 1.54) is 10.1 Å². The lowest BCUT2D eigenvalue weighted by atomic mass is 9.77. The van der Waals surface area contributed by atoms with Crippen molar-refractivity contribution in [2.45, 2.75) is 115 Å². The molecule has 1 aromatic heterocycles. The summed E-state index contributed by atoms with van der Waals surface area (Å²) in [6.07, 6.45) is 3.76. The maximum Gasteiger partial charge on any atom is 0.330 e. The SMILES string of the molecule is C=C(C)[C@H]1CC[C@@]2(C)OP(=S)(OC[C@H]3O[C@@H](n4cc(C)c(=O)[nH]c4=O)C[C@@H]3O[Si](C)(C)C(C)(C)C)SC2C1. The van der Waals surface area contributed by atoms with E-state index < -0.39 is 37.6 Å². The number of nitrogens with one attached hydrogen (secondary N) is 1. The average Bonchev–Trinajstić information content (AvgIpc) is 3.29. The van der Waals surface area contributed by atoms with Crippen LogP contribution in [-0.4, -0.2) is 47.5 Å². The predicted octanol–water partition coefficient (Wildman–Crippen LogP) is 6.03. The Morgan fingerprint density at radius 1 is 1.37 bits per heavy atom. The van der Waals surface area contributed by atoms with Crippen molar-refractivity contribution in [3.05, 3.63) is 44.8 Å². The first-order valence-corrected chi connectivity index (χ1v) is 20.4. The van der Waals surface area contributed by atoms with Crippen molar-refractivity contribution < 1.29 is 18.2 Å². The van der Waals surface area contributed by atoms with Crippen LogP contribution in [-0.2, 0) is 30.0 Å². The molecule has 2 saturated heterocycles. The Hall–Kier alpha value is -0.523. The zero-order valence-corrected chi connectivity index (χ0v) is 27.4. The number of allylic oxidation sites excluding steroid dienone is 1. The van der Waals surface area contributed by atoms with Crippen LogP contribution >= 0.6 is 17.1 Å². The fourth-order valence-electron chi connectivity index (χ4n) is 5.11. The van der Waals surface area contributed by atoms with E-state index in [1.807, 2.05) is 0 Å². The summed E-state index contributed by atoms with van der Waals surface area (Å²) in [5.74, 6) is 0.492. The number of ether oxygens (including phenoxy) is 1. The summed E-state index contributed by atoms with van der Waals surface area (Å²) in [5, 5.41) is 0.283. The third-order valence-electron chi connectivity index (χ3n) is 8.73. The highest BCUT2D eigenvalue weighted by atomic mass is 32.9. The third kappa shape index (κ3) is 6.20. The second kappa shape index (κ2) is 10.7. The van der Waals surface area contributed by atoms with Gasteiger partial charge in [-0.15, -0.1) is 0 Å². The molecule has 4 rings (SSSR count). The van der Waals surface area contributed by atoms with E-state index in [0.717, 1.165) is 19.3 Å². The first kappa shape index (κ1) is 30.4. The molecule has 3 heterocycles. The number of aryl methyl sites for hydroxylation is 1. The molecule has 7 atom stereocenters. The van der Waals surface area contributed by atoms with E-state index in [2.05, 4.69) is 59.3 Å². The second-order valence-corrected chi connectivity index (χ2v) is 23.9. The van der Waals surface area contributed by atoms with E-state index in [-0.39, 0.29) is 28.6 Å². The molecule has 214 valence electrons. The fourth-order valence-corrected chi connectivity index (χ4v) is 13.3. The monoisotopic (exact) mass is 602 g/mol. The van der Waals surface area contributed by atoms with Crippen molar-refractivity contribution in [1.82, 2.24) is 9.55 Å². The topological polar surface area (TPSA) is 91.8 Å². The number of aromatic nitrogens is 2. The zero-order chi connectivity index (χ0) is 28.3. The molecule has 38 heavy (non-hydrogen) atoms. The van der Waals surface area contributed by atoms with Gasteiger partial charge in [0.15, 0.2) is 8.32 Å². The molecule has 0 radical (unpaired) electrons. The number of H-pyrrole nitrogens is 1. The molecule has 0 bridgehead atoms. The normalized spacial score (nSPS) is 35.8. The van der Waals surface area contributed by atoms with Gasteiger partial charge >= 0.3 is 5.69 Å². The van der Waals surface area contributed by atoms with Gasteiger partial charge in [0.2, 0.25) is 5.69 Å². The predicted molar refractivity (Wildman–Crippen MR) is 160 cm³/mol. The van der Waals surface area contributed by atoms with Gasteiger partial charge < -0.3 is 18.2 Å². The highest BCUT2D eigenvalue weighted by Crippen LogP contribution is 2.74. The van der Waals surface area contributed by atoms with Gasteiger partial charge in [-0.1, -0.05) is 44.3 Å². The Labute approximate surface area is 236 Å². The van der Waals surface area contributed by atoms with E-state index in [9.17, 15) is 9.59 Å². The second-order valence-electron chi connectivity index (χ2n) is 12.8. The lowest BCUT2D eigenvalue weighted by molar-refractivity contribution is -0.0411. The number of aromatic amines is 1. The standard InChI is InChI=1S/C26H43N2O6PS2Si/c1-16(2)18-10-11-26(7)21(12-18)37-35(36,34-26)31-15-20-19(33-38(8,9)25(4,5)6)13-22(32-20)28-14-17(3)23(29)27-24(28)30/h14,18-22H,1,10-13,15H2,2-9H3,(H,27,29,30)/t18-,19-,20+,21?,22+,26+,35?/m0/s1. The molecular formula is C26H43N2O6PS2Si. The summed E-state index contributed by atoms with van der Waals surface area (Å²) in [7, 11) is -2.15. The van der Waals surface area contributed by atoms with Crippen LogP contribution in [0.15, 0.2) is 27.9 Å². The minimum atomic E-state index is -2.60. The summed E-state index contributed by atoms with van der Waals surface area (Å²) in [6, 6.07) is 0. The lowest BCUT2D eigenvalue weighted by Gasteiger charge is -2.39. The van der Waals surface area contributed by atoms with Crippen molar-refractivity contribution >= 4 is 37.2 Å². The molecule has 1 aromatic rings. The molecule has 8 nitrogen and oxygen atoms in total. The van der Waals surface area contributed by atoms with Gasteiger partial charge in [-0.2, -0.15) is 0 Å². The molecule has 1 aliphatic carbocycles. The number of hydrogen-bond donors (Lipinski definition) is 1. The van der Waals surface area contributed by atoms with Gasteiger partial charge in [-0.3, -0.25) is 14.3 Å². The highest BCUT2D eigenvalue weighted by molar-refractivity contribution is 8.68. The van der Waals surface area contributed by atoms with Crippen LogP contribution in [0, 0.1) is 12.8 Å². The molecule has 12 heteroatoms. The van der Waals surface area contributed by atoms with Gasteiger partial charge in [-0.25, -0.2) is 4.79 Å². The Balaban J connectivity index is 1.53. The largest absolute Gasteiger partial charge is 0.411 e. The molecule has 1 N–H and O–H groups in total. The smallest absolute Gasteiger partial charge is 0.330 e. The Kier molecular flexibility index (Phi) is 8.58. The molecule has 0 aromatic carbocycles. The zero-order valence-electron chi connectivity index (χ0n) is 23.9. The Bertz CT molecular complexity index is 1240. The minimum absolute atomic E-state index is 0.00265. The quantitative estimate of drug-likeness (QED) is 0.230. The fraction of sp³-hybridized carbons (Fsp3) is 0.769. The van der Waals surface area contributed by atoms with Crippen LogP contribution in [0.2, 0.25) is 18.1 Å². The maximum absolute atomic E-state index is 12.6. The van der Waals surface area contributed by atoms with Crippen molar-refractivity contribution in [2.24, 2.45) is 5.92 Å². The van der Waals surface area contributed by atoms with Gasteiger partial charge in [-0.05, 0) is 75.9 Å². The summed E-state index contributed by atoms with van der Waals surface area (Å²) < 4.78 is 27.6. The molecule has 2 unspecified atom stereocenters. The van der Waals surface area contributed by atoms with Gasteiger partial charge in [0, 0.05) is 23.4 Å². The Morgan fingerprint density at radius 2 is 2.05 bits per heavy atom. The van der Waals surface area contributed by atoms with Crippen LogP contribution in [0.4, 0.5) is 0 Å². The number of fused-ring (bicyclic) bond motifs is 1. The summed E-state index contributed by atoms with van der Waals surface area (Å²) in [4.78, 5) is 26.9. The van der Waals surface area contributed by atoms with Crippen molar-refractivity contribution in [1.29, 1.82) is 0 Å². The minimum Gasteiger partial charge on any atom is -0.411 e. The number of nitrogens with zero attached hydrogens (tertiary/aromatic N) is 1. The first-order chi connectivity index (χ1) is 17.4. The molecular weight excluding hydrogens is 559 g/mol. The van der Waals surface area contributed by atoms with Gasteiger partial charge in [0.25, 0.3) is 5.56 Å². The van der Waals surface area contributed by atoms with E-state index >= 15 is 0 Å². The molecule has 0 spiro atoms. The van der Waals surface area contributed by atoms with Crippen LogP contribution < -0.4 is 11.2 Å². The molecule has 3 fully saturated rings. The van der Waals surface area contributed by atoms with Crippen molar-refractivity contribution in [3.8, 4) is 0 Å². The van der Waals surface area contributed by atoms with Crippen LogP contribution in [0.3, 0.4) is 0 Å². The maximum atomic E-state index is 12.6. The first-order valence-electron chi connectivity index (χ1n) is 13.4. The number of hydrogen-bond acceptors (Lipinski definition) is 8. The highest BCUT2D eigenvalue weighted by Gasteiger charge is 2.54. The Morgan fingerprint density at radius 3 is 2.68 bits per heavy atom. The summed E-state index contributed by atoms with van der Waals surface area (Å²) in [6.45, 7) is 21.3. The summed E-state index contributed by atoms with van der Waals surface area (Å²) >= 11 is 7.68. The van der Waals surface area contributed by atoms with Crippen molar-refractivity contribution in [3.63, 3.8) is 0 Å². The molecule has 2 aliphatic heterocycles. The molecule has 3 aliphatic rings. The number of rotatable bonds is 7.